The van der Waals surface area contributed by atoms with Crippen LogP contribution >= 0.6 is 27.5 Å². The van der Waals surface area contributed by atoms with Gasteiger partial charge in [0.2, 0.25) is 0 Å². The number of aromatic amines is 1. The molecule has 2 rings (SSSR count). The van der Waals surface area contributed by atoms with Gasteiger partial charge < -0.3 is 9.72 Å². The Balaban J connectivity index is 2.58. The molecule has 0 aliphatic carbocycles. The Bertz CT molecular complexity index is 823. The van der Waals surface area contributed by atoms with Crippen LogP contribution in [0.2, 0.25) is 5.02 Å². The molecule has 1 heterocycles. The average molecular weight is 462 g/mol. The molecule has 1 N–H and O–H groups in total. The molecular weight excluding hydrogens is 454 g/mol. The number of nitrogens with zero attached hydrogens (tertiary/aromatic N) is 1. The van der Waals surface area contributed by atoms with Gasteiger partial charge in [0.05, 0.1) is 15.7 Å². The van der Waals surface area contributed by atoms with Gasteiger partial charge >= 0.3 is 12.4 Å². The summed E-state index contributed by atoms with van der Waals surface area (Å²) in [5.74, 6) is 0. The molecule has 140 valence electrons. The fourth-order valence-electron chi connectivity index (χ4n) is 2.16. The Morgan fingerprint density at radius 1 is 1.15 bits per heavy atom. The minimum atomic E-state index is -4.85. The lowest BCUT2D eigenvalue weighted by Crippen LogP contribution is -2.21. The molecular formula is C15H8BrClF6N2O. The number of ether oxygens (including phenoxy) is 1. The van der Waals surface area contributed by atoms with E-state index in [1.54, 1.807) is 6.07 Å². The average Bonchev–Trinajstić information content (AvgIpc) is 2.85. The number of rotatable bonds is 4. The number of nitrogens with one attached hydrogen (secondary N) is 1. The summed E-state index contributed by atoms with van der Waals surface area (Å²) in [6.07, 6.45) is -11.2. The van der Waals surface area contributed by atoms with Gasteiger partial charge in [-0.05, 0) is 33.6 Å². The van der Waals surface area contributed by atoms with Gasteiger partial charge in [0.15, 0.2) is 0 Å². The molecule has 1 unspecified atom stereocenters. The maximum atomic E-state index is 13.1. The molecule has 0 radical (unpaired) electrons. The summed E-state index contributed by atoms with van der Waals surface area (Å²) in [6.45, 7) is -1.72. The van der Waals surface area contributed by atoms with Crippen LogP contribution in [0, 0.1) is 11.3 Å². The third-order valence-electron chi connectivity index (χ3n) is 3.21. The molecule has 26 heavy (non-hydrogen) atoms. The van der Waals surface area contributed by atoms with Crippen molar-refractivity contribution in [2.45, 2.75) is 18.5 Å². The van der Waals surface area contributed by atoms with E-state index in [2.05, 4.69) is 15.9 Å². The highest BCUT2D eigenvalue weighted by Gasteiger charge is 2.39. The molecule has 0 saturated carbocycles. The van der Waals surface area contributed by atoms with Crippen LogP contribution < -0.4 is 0 Å². The van der Waals surface area contributed by atoms with Crippen molar-refractivity contribution in [3.63, 3.8) is 0 Å². The number of halogens is 8. The number of hydrogen-bond donors (Lipinski definition) is 1. The molecule has 0 aliphatic rings. The zero-order chi connectivity index (χ0) is 19.7. The largest absolute Gasteiger partial charge is 0.432 e. The van der Waals surface area contributed by atoms with E-state index in [0.29, 0.717) is 0 Å². The number of H-pyrrole nitrogens is 1. The first kappa shape index (κ1) is 20.6. The van der Waals surface area contributed by atoms with Crippen LogP contribution in [-0.4, -0.2) is 17.8 Å². The van der Waals surface area contributed by atoms with E-state index < -0.39 is 46.5 Å². The van der Waals surface area contributed by atoms with E-state index in [1.165, 1.54) is 24.3 Å². The molecule has 0 aliphatic heterocycles. The van der Waals surface area contributed by atoms with E-state index in [9.17, 15) is 31.6 Å². The minimum absolute atomic E-state index is 0.0950. The predicted octanol–water partition coefficient (Wildman–Crippen LogP) is 5.99. The molecule has 0 bridgehead atoms. The van der Waals surface area contributed by atoms with Crippen molar-refractivity contribution >= 4 is 27.5 Å². The normalized spacial score (nSPS) is 13.5. The standard InChI is InChI=1S/C15H8BrClF6N2O/c16-10-9(5-24)11(25-13(10)15(21,22)23)12(26-6-14(18,19)20)7-1-3-8(17)4-2-7/h1-4,12,25H,6H2. The van der Waals surface area contributed by atoms with Crippen LogP contribution in [0.25, 0.3) is 0 Å². The maximum Gasteiger partial charge on any atom is 0.432 e. The van der Waals surface area contributed by atoms with Gasteiger partial charge in [-0.1, -0.05) is 23.7 Å². The summed E-state index contributed by atoms with van der Waals surface area (Å²) in [6, 6.07) is 6.83. The van der Waals surface area contributed by atoms with Crippen molar-refractivity contribution < 1.29 is 31.1 Å². The predicted molar refractivity (Wildman–Crippen MR) is 83.5 cm³/mol. The second-order valence-electron chi connectivity index (χ2n) is 5.07. The van der Waals surface area contributed by atoms with Crippen LogP contribution in [0.1, 0.15) is 28.6 Å². The Labute approximate surface area is 156 Å². The van der Waals surface area contributed by atoms with Gasteiger partial charge in [-0.25, -0.2) is 0 Å². The SMILES string of the molecule is N#Cc1c(C(OCC(F)(F)F)c2ccc(Cl)cc2)[nH]c(C(F)(F)F)c1Br. The summed E-state index contributed by atoms with van der Waals surface area (Å²) < 4.78 is 81.1. The number of benzene rings is 1. The smallest absolute Gasteiger partial charge is 0.358 e. The van der Waals surface area contributed by atoms with Crippen LogP contribution in [0.3, 0.4) is 0 Å². The van der Waals surface area contributed by atoms with Gasteiger partial charge in [-0.2, -0.15) is 31.6 Å². The lowest BCUT2D eigenvalue weighted by Gasteiger charge is -2.19. The lowest BCUT2D eigenvalue weighted by molar-refractivity contribution is -0.182. The van der Waals surface area contributed by atoms with E-state index in [-0.39, 0.29) is 10.6 Å². The van der Waals surface area contributed by atoms with Crippen molar-refractivity contribution in [1.29, 1.82) is 5.26 Å². The van der Waals surface area contributed by atoms with Crippen LogP contribution in [0.4, 0.5) is 26.3 Å². The van der Waals surface area contributed by atoms with Crippen molar-refractivity contribution in [2.24, 2.45) is 0 Å². The van der Waals surface area contributed by atoms with Crippen molar-refractivity contribution in [1.82, 2.24) is 4.98 Å². The third kappa shape index (κ3) is 4.72. The zero-order valence-electron chi connectivity index (χ0n) is 12.5. The fraction of sp³-hybridized carbons (Fsp3) is 0.267. The second kappa shape index (κ2) is 7.50. The summed E-state index contributed by atoms with van der Waals surface area (Å²) in [4.78, 5) is 1.97. The second-order valence-corrected chi connectivity index (χ2v) is 6.30. The molecule has 0 spiro atoms. The topological polar surface area (TPSA) is 48.8 Å². The summed E-state index contributed by atoms with van der Waals surface area (Å²) in [5, 5.41) is 9.45. The van der Waals surface area contributed by atoms with Crippen molar-refractivity contribution in [2.75, 3.05) is 6.61 Å². The highest BCUT2D eigenvalue weighted by atomic mass is 79.9. The lowest BCUT2D eigenvalue weighted by atomic mass is 10.0. The molecule has 0 saturated heterocycles. The summed E-state index contributed by atoms with van der Waals surface area (Å²) >= 11 is 8.39. The van der Waals surface area contributed by atoms with Gasteiger partial charge in [-0.3, -0.25) is 0 Å². The minimum Gasteiger partial charge on any atom is -0.358 e. The first-order valence-electron chi connectivity index (χ1n) is 6.76. The fourth-order valence-corrected chi connectivity index (χ4v) is 2.91. The monoisotopic (exact) mass is 460 g/mol. The first-order chi connectivity index (χ1) is 11.9. The van der Waals surface area contributed by atoms with Gasteiger partial charge in [0, 0.05) is 5.02 Å². The first-order valence-corrected chi connectivity index (χ1v) is 7.93. The van der Waals surface area contributed by atoms with Crippen LogP contribution in [0.15, 0.2) is 28.7 Å². The Kier molecular flexibility index (Phi) is 5.95. The summed E-state index contributed by atoms with van der Waals surface area (Å²) in [5.41, 5.74) is -2.14. The molecule has 3 nitrogen and oxygen atoms in total. The van der Waals surface area contributed by atoms with Crippen LogP contribution in [0.5, 0.6) is 0 Å². The molecule has 0 fully saturated rings. The summed E-state index contributed by atoms with van der Waals surface area (Å²) in [7, 11) is 0. The molecule has 11 heteroatoms. The number of nitriles is 1. The van der Waals surface area contributed by atoms with Gasteiger partial charge in [-0.15, -0.1) is 0 Å². The van der Waals surface area contributed by atoms with Crippen molar-refractivity contribution in [3.05, 3.63) is 56.3 Å². The molecule has 0 amide bonds. The van der Waals surface area contributed by atoms with Crippen LogP contribution in [-0.2, 0) is 10.9 Å². The van der Waals surface area contributed by atoms with E-state index >= 15 is 0 Å². The number of aromatic nitrogens is 1. The third-order valence-corrected chi connectivity index (χ3v) is 4.26. The van der Waals surface area contributed by atoms with Crippen molar-refractivity contribution in [3.8, 4) is 6.07 Å². The van der Waals surface area contributed by atoms with Gasteiger partial charge in [0.1, 0.15) is 24.5 Å². The maximum absolute atomic E-state index is 13.1. The quantitative estimate of drug-likeness (QED) is 0.569. The Morgan fingerprint density at radius 2 is 1.73 bits per heavy atom. The Hall–Kier alpha value is -1.70. The molecule has 1 aromatic carbocycles. The van der Waals surface area contributed by atoms with E-state index in [4.69, 9.17) is 16.3 Å². The highest BCUT2D eigenvalue weighted by molar-refractivity contribution is 9.10. The van der Waals surface area contributed by atoms with Gasteiger partial charge in [0.25, 0.3) is 0 Å². The Morgan fingerprint density at radius 3 is 2.19 bits per heavy atom. The zero-order valence-corrected chi connectivity index (χ0v) is 14.8. The highest BCUT2D eigenvalue weighted by Crippen LogP contribution is 2.41. The number of alkyl halides is 6. The molecule has 1 aromatic heterocycles. The number of hydrogen-bond acceptors (Lipinski definition) is 2. The molecule has 1 atom stereocenters. The van der Waals surface area contributed by atoms with E-state index in [1.807, 2.05) is 4.98 Å². The van der Waals surface area contributed by atoms with E-state index in [0.717, 1.165) is 0 Å². The molecule has 2 aromatic rings.